The highest BCUT2D eigenvalue weighted by molar-refractivity contribution is 5.77. The van der Waals surface area contributed by atoms with Gasteiger partial charge in [-0.2, -0.15) is 0 Å². The van der Waals surface area contributed by atoms with Gasteiger partial charge in [0.25, 0.3) is 5.91 Å². The minimum Gasteiger partial charge on any atom is -0.493 e. The number of hydrogen-bond acceptors (Lipinski definition) is 4. The number of benzene rings is 1. The molecule has 1 N–H and O–H groups in total. The zero-order valence-corrected chi connectivity index (χ0v) is 23.4. The van der Waals surface area contributed by atoms with E-state index in [1.165, 1.54) is 70.6 Å². The van der Waals surface area contributed by atoms with Gasteiger partial charge in [0, 0.05) is 31.2 Å². The summed E-state index contributed by atoms with van der Waals surface area (Å²) in [4.78, 5) is 12.2. The molecule has 0 saturated heterocycles. The molecule has 206 valence electrons. The van der Waals surface area contributed by atoms with Gasteiger partial charge < -0.3 is 19.5 Å². The molecular formula is C31H49N2O4+. The van der Waals surface area contributed by atoms with E-state index in [0.29, 0.717) is 30.4 Å². The van der Waals surface area contributed by atoms with Crippen LogP contribution in [0.5, 0.6) is 17.2 Å². The second kappa shape index (κ2) is 19.4. The predicted octanol–water partition coefficient (Wildman–Crippen LogP) is 6.34. The zero-order valence-electron chi connectivity index (χ0n) is 23.4. The molecule has 2 aromatic rings. The van der Waals surface area contributed by atoms with Crippen LogP contribution in [0.15, 0.2) is 42.6 Å². The van der Waals surface area contributed by atoms with E-state index < -0.39 is 0 Å². The maximum atomic E-state index is 12.2. The first-order chi connectivity index (χ1) is 18.1. The van der Waals surface area contributed by atoms with Gasteiger partial charge in [0.1, 0.15) is 12.8 Å². The van der Waals surface area contributed by atoms with Crippen LogP contribution in [0.1, 0.15) is 89.7 Å². The molecule has 0 radical (unpaired) electrons. The number of carbonyl (C=O) groups excluding carboxylic acids is 1. The summed E-state index contributed by atoms with van der Waals surface area (Å²) in [5.74, 6) is 1.76. The number of ether oxygens (including phenoxy) is 3. The second-order valence-corrected chi connectivity index (χ2v) is 9.74. The molecule has 1 aromatic carbocycles. The minimum atomic E-state index is -0.148. The van der Waals surface area contributed by atoms with E-state index in [1.807, 2.05) is 37.5 Å². The Morgan fingerprint density at radius 2 is 1.51 bits per heavy atom. The first kappa shape index (κ1) is 30.5. The van der Waals surface area contributed by atoms with Crippen molar-refractivity contribution in [3.8, 4) is 17.2 Å². The highest BCUT2D eigenvalue weighted by Gasteiger charge is 2.10. The second-order valence-electron chi connectivity index (χ2n) is 9.74. The number of nitrogens with one attached hydrogen (secondary N) is 1. The Bertz CT molecular complexity index is 887. The SMILES string of the molecule is CCCCCCCCCCCCCCOc1ccc(OCC(=O)NCCc2cccc[n+]2C)cc1OC. The molecule has 0 bridgehead atoms. The van der Waals surface area contributed by atoms with E-state index in [9.17, 15) is 4.79 Å². The van der Waals surface area contributed by atoms with E-state index in [4.69, 9.17) is 14.2 Å². The number of aryl methyl sites for hydroxylation is 1. The van der Waals surface area contributed by atoms with Crippen molar-refractivity contribution in [1.29, 1.82) is 0 Å². The highest BCUT2D eigenvalue weighted by Crippen LogP contribution is 2.31. The molecule has 6 heteroatoms. The van der Waals surface area contributed by atoms with Crippen molar-refractivity contribution in [2.45, 2.75) is 90.4 Å². The van der Waals surface area contributed by atoms with Gasteiger partial charge in [0.15, 0.2) is 30.0 Å². The number of pyridine rings is 1. The maximum Gasteiger partial charge on any atom is 0.257 e. The van der Waals surface area contributed by atoms with Gasteiger partial charge in [0.2, 0.25) is 0 Å². The summed E-state index contributed by atoms with van der Waals surface area (Å²) < 4.78 is 19.1. The van der Waals surface area contributed by atoms with Crippen molar-refractivity contribution in [2.24, 2.45) is 7.05 Å². The molecule has 6 nitrogen and oxygen atoms in total. The number of amides is 1. The molecule has 0 spiro atoms. The van der Waals surface area contributed by atoms with E-state index >= 15 is 0 Å². The van der Waals surface area contributed by atoms with E-state index in [1.54, 1.807) is 13.2 Å². The van der Waals surface area contributed by atoms with Crippen molar-refractivity contribution in [2.75, 3.05) is 26.9 Å². The molecule has 0 aliphatic rings. The van der Waals surface area contributed by atoms with Gasteiger partial charge in [-0.1, -0.05) is 83.6 Å². The number of nitrogens with zero attached hydrogens (tertiary/aromatic N) is 1. The fourth-order valence-corrected chi connectivity index (χ4v) is 4.33. The summed E-state index contributed by atoms with van der Waals surface area (Å²) in [6.45, 7) is 3.47. The summed E-state index contributed by atoms with van der Waals surface area (Å²) in [6, 6.07) is 11.5. The third-order valence-electron chi connectivity index (χ3n) is 6.63. The molecule has 1 heterocycles. The molecule has 0 fully saturated rings. The van der Waals surface area contributed by atoms with Crippen LogP contribution in [0, 0.1) is 0 Å². The van der Waals surface area contributed by atoms with Crippen LogP contribution in [0.3, 0.4) is 0 Å². The number of rotatable bonds is 21. The summed E-state index contributed by atoms with van der Waals surface area (Å²) in [5, 5.41) is 2.90. The fraction of sp³-hybridized carbons (Fsp3) is 0.613. The largest absolute Gasteiger partial charge is 0.493 e. The maximum absolute atomic E-state index is 12.2. The standard InChI is InChI=1S/C31H48N2O4/c1-4-5-6-7-8-9-10-11-12-13-14-17-24-36-29-20-19-28(25-30(29)35-3)37-26-31(34)32-22-21-27-18-15-16-23-33(27)2/h15-16,18-20,23,25H,4-14,17,21-22,24,26H2,1-3H3/p+1. The first-order valence-electron chi connectivity index (χ1n) is 14.3. The van der Waals surface area contributed by atoms with Crippen LogP contribution >= 0.6 is 0 Å². The van der Waals surface area contributed by atoms with Crippen molar-refractivity contribution in [1.82, 2.24) is 5.32 Å². The van der Waals surface area contributed by atoms with Gasteiger partial charge in [-0.3, -0.25) is 4.79 Å². The van der Waals surface area contributed by atoms with Crippen molar-refractivity contribution < 1.29 is 23.6 Å². The quantitative estimate of drug-likeness (QED) is 0.156. The van der Waals surface area contributed by atoms with Crippen LogP contribution in [0.2, 0.25) is 0 Å². The average Bonchev–Trinajstić information content (AvgIpc) is 2.91. The Kier molecular flexibility index (Phi) is 15.9. The van der Waals surface area contributed by atoms with Crippen LogP contribution in [0.4, 0.5) is 0 Å². The summed E-state index contributed by atoms with van der Waals surface area (Å²) >= 11 is 0. The van der Waals surface area contributed by atoms with E-state index in [2.05, 4.69) is 22.9 Å². The zero-order chi connectivity index (χ0) is 26.6. The summed E-state index contributed by atoms with van der Waals surface area (Å²) in [6.07, 6.45) is 18.7. The number of unbranched alkanes of at least 4 members (excludes halogenated alkanes) is 11. The Labute approximate surface area is 224 Å². The fourth-order valence-electron chi connectivity index (χ4n) is 4.33. The molecule has 37 heavy (non-hydrogen) atoms. The summed E-state index contributed by atoms with van der Waals surface area (Å²) in [7, 11) is 3.62. The summed E-state index contributed by atoms with van der Waals surface area (Å²) in [5.41, 5.74) is 1.16. The lowest BCUT2D eigenvalue weighted by atomic mass is 10.1. The Morgan fingerprint density at radius 3 is 2.16 bits per heavy atom. The normalized spacial score (nSPS) is 10.8. The molecule has 0 aliphatic heterocycles. The topological polar surface area (TPSA) is 60.7 Å². The van der Waals surface area contributed by atoms with Gasteiger partial charge >= 0.3 is 0 Å². The monoisotopic (exact) mass is 513 g/mol. The first-order valence-corrected chi connectivity index (χ1v) is 14.3. The molecule has 0 aliphatic carbocycles. The van der Waals surface area contributed by atoms with Crippen molar-refractivity contribution in [3.05, 3.63) is 48.3 Å². The van der Waals surface area contributed by atoms with Crippen LogP contribution < -0.4 is 24.1 Å². The lowest BCUT2D eigenvalue weighted by Gasteiger charge is -2.13. The van der Waals surface area contributed by atoms with Gasteiger partial charge in [-0.25, -0.2) is 4.57 Å². The van der Waals surface area contributed by atoms with Crippen LogP contribution in [-0.2, 0) is 18.3 Å². The van der Waals surface area contributed by atoms with Crippen molar-refractivity contribution in [3.63, 3.8) is 0 Å². The van der Waals surface area contributed by atoms with Crippen molar-refractivity contribution >= 4 is 5.91 Å². The molecule has 2 rings (SSSR count). The molecule has 0 unspecified atom stereocenters. The highest BCUT2D eigenvalue weighted by atomic mass is 16.5. The Hall–Kier alpha value is -2.76. The van der Waals surface area contributed by atoms with Gasteiger partial charge in [-0.05, 0) is 18.6 Å². The van der Waals surface area contributed by atoms with E-state index in [-0.39, 0.29) is 12.5 Å². The van der Waals surface area contributed by atoms with Gasteiger partial charge in [0.05, 0.1) is 13.7 Å². The number of methoxy groups -OCH3 is 1. The number of hydrogen-bond donors (Lipinski definition) is 1. The molecule has 1 amide bonds. The van der Waals surface area contributed by atoms with E-state index in [0.717, 1.165) is 18.5 Å². The molecule has 0 atom stereocenters. The lowest BCUT2D eigenvalue weighted by Crippen LogP contribution is -2.36. The Morgan fingerprint density at radius 1 is 0.838 bits per heavy atom. The number of aromatic nitrogens is 1. The molecule has 1 aromatic heterocycles. The van der Waals surface area contributed by atoms with Gasteiger partial charge in [-0.15, -0.1) is 0 Å². The third-order valence-corrected chi connectivity index (χ3v) is 6.63. The average molecular weight is 514 g/mol. The predicted molar refractivity (Wildman–Crippen MR) is 149 cm³/mol. The molecular weight excluding hydrogens is 464 g/mol. The smallest absolute Gasteiger partial charge is 0.257 e. The molecule has 0 saturated carbocycles. The van der Waals surface area contributed by atoms with Crippen LogP contribution in [-0.4, -0.2) is 32.8 Å². The third kappa shape index (κ3) is 13.4. The number of carbonyl (C=O) groups is 1. The van der Waals surface area contributed by atoms with Crippen LogP contribution in [0.25, 0.3) is 0 Å². The lowest BCUT2D eigenvalue weighted by molar-refractivity contribution is -0.679. The minimum absolute atomic E-state index is 0.0386. The Balaban J connectivity index is 1.56.